The van der Waals surface area contributed by atoms with Crippen molar-refractivity contribution in [1.29, 1.82) is 5.26 Å². The van der Waals surface area contributed by atoms with Crippen LogP contribution in [0.1, 0.15) is 32.1 Å². The van der Waals surface area contributed by atoms with Gasteiger partial charge in [-0.1, -0.05) is 19.3 Å². The molecule has 1 aliphatic carbocycles. The van der Waals surface area contributed by atoms with Crippen LogP contribution in [-0.2, 0) is 4.74 Å². The van der Waals surface area contributed by atoms with Crippen molar-refractivity contribution in [2.75, 3.05) is 19.7 Å². The second-order valence-corrected chi connectivity index (χ2v) is 4.28. The van der Waals surface area contributed by atoms with Crippen molar-refractivity contribution in [3.8, 4) is 6.07 Å². The Labute approximate surface area is 85.6 Å². The van der Waals surface area contributed by atoms with Crippen molar-refractivity contribution in [3.63, 3.8) is 0 Å². The standard InChI is InChI=1S/C11H18N2O/c12-8-11-9-13(6-7-14-11)10-4-2-1-3-5-10/h10-11H,1-7,9H2/t11-/m0/s1. The van der Waals surface area contributed by atoms with Crippen LogP contribution in [0, 0.1) is 11.3 Å². The summed E-state index contributed by atoms with van der Waals surface area (Å²) in [4.78, 5) is 2.45. The first-order valence-electron chi connectivity index (χ1n) is 5.65. The van der Waals surface area contributed by atoms with E-state index in [1.54, 1.807) is 0 Å². The molecule has 14 heavy (non-hydrogen) atoms. The summed E-state index contributed by atoms with van der Waals surface area (Å²) in [5, 5.41) is 8.81. The molecule has 0 amide bonds. The van der Waals surface area contributed by atoms with E-state index in [4.69, 9.17) is 10.00 Å². The van der Waals surface area contributed by atoms with Gasteiger partial charge in [0.1, 0.15) is 0 Å². The lowest BCUT2D eigenvalue weighted by Crippen LogP contribution is -2.47. The lowest BCUT2D eigenvalue weighted by atomic mass is 9.94. The Kier molecular flexibility index (Phi) is 3.39. The van der Waals surface area contributed by atoms with Crippen LogP contribution >= 0.6 is 0 Å². The monoisotopic (exact) mass is 194 g/mol. The number of hydrogen-bond donors (Lipinski definition) is 0. The third-order valence-electron chi connectivity index (χ3n) is 3.33. The largest absolute Gasteiger partial charge is 0.361 e. The van der Waals surface area contributed by atoms with E-state index >= 15 is 0 Å². The van der Waals surface area contributed by atoms with Gasteiger partial charge in [0.25, 0.3) is 0 Å². The normalized spacial score (nSPS) is 31.2. The Balaban J connectivity index is 1.87. The average molecular weight is 194 g/mol. The zero-order valence-corrected chi connectivity index (χ0v) is 8.61. The molecule has 1 saturated heterocycles. The zero-order chi connectivity index (χ0) is 9.80. The fourth-order valence-corrected chi connectivity index (χ4v) is 2.53. The molecule has 2 fully saturated rings. The van der Waals surface area contributed by atoms with Gasteiger partial charge in [-0.3, -0.25) is 4.90 Å². The van der Waals surface area contributed by atoms with E-state index in [9.17, 15) is 0 Å². The minimum atomic E-state index is -0.189. The number of nitrogens with zero attached hydrogens (tertiary/aromatic N) is 2. The second kappa shape index (κ2) is 4.77. The van der Waals surface area contributed by atoms with Crippen molar-refractivity contribution >= 4 is 0 Å². The van der Waals surface area contributed by atoms with Crippen LogP contribution in [0.3, 0.4) is 0 Å². The first-order chi connectivity index (χ1) is 6.90. The molecule has 78 valence electrons. The first-order valence-corrected chi connectivity index (χ1v) is 5.65. The van der Waals surface area contributed by atoms with Crippen LogP contribution in [0.15, 0.2) is 0 Å². The lowest BCUT2D eigenvalue weighted by molar-refractivity contribution is -0.0230. The first kappa shape index (κ1) is 9.95. The van der Waals surface area contributed by atoms with Crippen molar-refractivity contribution in [2.24, 2.45) is 0 Å². The van der Waals surface area contributed by atoms with E-state index in [2.05, 4.69) is 11.0 Å². The minimum absolute atomic E-state index is 0.189. The highest BCUT2D eigenvalue weighted by atomic mass is 16.5. The van der Waals surface area contributed by atoms with Gasteiger partial charge in [-0.25, -0.2) is 0 Å². The van der Waals surface area contributed by atoms with Crippen molar-refractivity contribution in [1.82, 2.24) is 4.90 Å². The number of nitriles is 1. The highest BCUT2D eigenvalue weighted by Gasteiger charge is 2.26. The molecule has 0 bridgehead atoms. The maximum Gasteiger partial charge on any atom is 0.156 e. The molecule has 0 aromatic heterocycles. The van der Waals surface area contributed by atoms with E-state index in [1.807, 2.05) is 0 Å². The Morgan fingerprint density at radius 2 is 2.00 bits per heavy atom. The molecule has 3 heteroatoms. The van der Waals surface area contributed by atoms with Gasteiger partial charge in [-0.15, -0.1) is 0 Å². The van der Waals surface area contributed by atoms with Crippen LogP contribution in [0.25, 0.3) is 0 Å². The summed E-state index contributed by atoms with van der Waals surface area (Å²) in [7, 11) is 0. The molecule has 3 nitrogen and oxygen atoms in total. The maximum atomic E-state index is 8.81. The molecule has 0 spiro atoms. The van der Waals surface area contributed by atoms with E-state index in [-0.39, 0.29) is 6.10 Å². The molecular formula is C11H18N2O. The van der Waals surface area contributed by atoms with Gasteiger partial charge >= 0.3 is 0 Å². The summed E-state index contributed by atoms with van der Waals surface area (Å²) >= 11 is 0. The average Bonchev–Trinajstić information content (AvgIpc) is 2.30. The van der Waals surface area contributed by atoms with E-state index in [1.165, 1.54) is 32.1 Å². The summed E-state index contributed by atoms with van der Waals surface area (Å²) in [5.41, 5.74) is 0. The molecular weight excluding hydrogens is 176 g/mol. The molecule has 1 heterocycles. The zero-order valence-electron chi connectivity index (χ0n) is 8.61. The van der Waals surface area contributed by atoms with E-state index in [0.717, 1.165) is 25.7 Å². The lowest BCUT2D eigenvalue weighted by Gasteiger charge is -2.38. The van der Waals surface area contributed by atoms with Crippen LogP contribution in [0.5, 0.6) is 0 Å². The summed E-state index contributed by atoms with van der Waals surface area (Å²) in [6.45, 7) is 2.57. The van der Waals surface area contributed by atoms with Gasteiger partial charge in [-0.05, 0) is 12.8 Å². The molecule has 0 aromatic rings. The van der Waals surface area contributed by atoms with Crippen LogP contribution < -0.4 is 0 Å². The number of ether oxygens (including phenoxy) is 1. The maximum absolute atomic E-state index is 8.81. The van der Waals surface area contributed by atoms with E-state index < -0.39 is 0 Å². The van der Waals surface area contributed by atoms with Crippen molar-refractivity contribution in [3.05, 3.63) is 0 Å². The third kappa shape index (κ3) is 2.26. The Bertz CT molecular complexity index is 218. The summed E-state index contributed by atoms with van der Waals surface area (Å²) in [6, 6.07) is 2.93. The molecule has 0 aromatic carbocycles. The summed E-state index contributed by atoms with van der Waals surface area (Å²) in [5.74, 6) is 0. The molecule has 1 atom stereocenters. The van der Waals surface area contributed by atoms with Gasteiger partial charge in [0, 0.05) is 19.1 Å². The fourth-order valence-electron chi connectivity index (χ4n) is 2.53. The molecule has 2 aliphatic rings. The quantitative estimate of drug-likeness (QED) is 0.635. The van der Waals surface area contributed by atoms with Crippen molar-refractivity contribution < 1.29 is 4.74 Å². The number of morpholine rings is 1. The summed E-state index contributed by atoms with van der Waals surface area (Å²) in [6.07, 6.45) is 6.56. The Hall–Kier alpha value is -0.590. The predicted molar refractivity (Wildman–Crippen MR) is 53.8 cm³/mol. The topological polar surface area (TPSA) is 36.3 Å². The smallest absolute Gasteiger partial charge is 0.156 e. The van der Waals surface area contributed by atoms with Crippen molar-refractivity contribution in [2.45, 2.75) is 44.2 Å². The molecule has 0 unspecified atom stereocenters. The van der Waals surface area contributed by atoms with Crippen LogP contribution in [0.4, 0.5) is 0 Å². The van der Waals surface area contributed by atoms with E-state index in [0.29, 0.717) is 0 Å². The van der Waals surface area contributed by atoms with Crippen LogP contribution in [0.2, 0.25) is 0 Å². The highest BCUT2D eigenvalue weighted by molar-refractivity contribution is 4.91. The highest BCUT2D eigenvalue weighted by Crippen LogP contribution is 2.23. The van der Waals surface area contributed by atoms with Gasteiger partial charge in [0.05, 0.1) is 12.7 Å². The van der Waals surface area contributed by atoms with Crippen LogP contribution in [-0.4, -0.2) is 36.7 Å². The van der Waals surface area contributed by atoms with Gasteiger partial charge in [-0.2, -0.15) is 5.26 Å². The van der Waals surface area contributed by atoms with Gasteiger partial charge < -0.3 is 4.74 Å². The Morgan fingerprint density at radius 1 is 1.21 bits per heavy atom. The van der Waals surface area contributed by atoms with Gasteiger partial charge in [0.15, 0.2) is 6.10 Å². The van der Waals surface area contributed by atoms with Gasteiger partial charge in [0.2, 0.25) is 0 Å². The number of hydrogen-bond acceptors (Lipinski definition) is 3. The molecule has 2 rings (SSSR count). The predicted octanol–water partition coefficient (Wildman–Crippen LogP) is 1.54. The molecule has 1 saturated carbocycles. The molecule has 0 N–H and O–H groups in total. The second-order valence-electron chi connectivity index (χ2n) is 4.28. The minimum Gasteiger partial charge on any atom is -0.361 e. The Morgan fingerprint density at radius 3 is 2.71 bits per heavy atom. The third-order valence-corrected chi connectivity index (χ3v) is 3.33. The molecule has 1 aliphatic heterocycles. The SMILES string of the molecule is N#C[C@H]1CN(C2CCCCC2)CCO1. The molecule has 0 radical (unpaired) electrons. The number of rotatable bonds is 1. The summed E-state index contributed by atoms with van der Waals surface area (Å²) < 4.78 is 5.35. The fraction of sp³-hybridized carbons (Fsp3) is 0.909.